The number of aromatic nitrogens is 1. The van der Waals surface area contributed by atoms with Gasteiger partial charge in [-0.2, -0.15) is 0 Å². The molecule has 0 radical (unpaired) electrons. The summed E-state index contributed by atoms with van der Waals surface area (Å²) in [5.74, 6) is -0.253. The van der Waals surface area contributed by atoms with E-state index in [0.717, 1.165) is 17.3 Å². The van der Waals surface area contributed by atoms with E-state index in [-0.39, 0.29) is 17.3 Å². The molecule has 0 atom stereocenters. The molecule has 1 fully saturated rings. The third-order valence-corrected chi connectivity index (χ3v) is 6.35. The number of aromatic hydroxyl groups is 1. The normalized spacial score (nSPS) is 15.8. The highest BCUT2D eigenvalue weighted by Gasteiger charge is 2.21. The van der Waals surface area contributed by atoms with Gasteiger partial charge in [-0.3, -0.25) is 0 Å². The Bertz CT molecular complexity index is 1120. The van der Waals surface area contributed by atoms with E-state index < -0.39 is 21.4 Å². The fraction of sp³-hybridized carbons (Fsp3) is 0.190. The molecule has 0 spiro atoms. The standard InChI is InChI=1S/C21H19FN2O4S/c22-18-9-8-17(14-20(18)25)28-21-3-1-2-19(23-21)15-4-6-16(7-5-15)24-10-12-29(26,27)13-11-24/h1-9,14,25H,10-13H2. The van der Waals surface area contributed by atoms with Crippen LogP contribution in [0.5, 0.6) is 17.4 Å². The van der Waals surface area contributed by atoms with Crippen LogP contribution >= 0.6 is 0 Å². The second-order valence-corrected chi connectivity index (χ2v) is 9.07. The average molecular weight is 414 g/mol. The van der Waals surface area contributed by atoms with Crippen LogP contribution in [0.1, 0.15) is 0 Å². The van der Waals surface area contributed by atoms with Crippen LogP contribution in [0.25, 0.3) is 11.3 Å². The molecule has 8 heteroatoms. The number of nitrogens with zero attached hydrogens (tertiary/aromatic N) is 2. The molecule has 150 valence electrons. The lowest BCUT2D eigenvalue weighted by Gasteiger charge is -2.28. The van der Waals surface area contributed by atoms with Crippen molar-refractivity contribution in [2.75, 3.05) is 29.5 Å². The topological polar surface area (TPSA) is 79.7 Å². The summed E-state index contributed by atoms with van der Waals surface area (Å²) in [5, 5.41) is 9.46. The number of sulfone groups is 1. The molecule has 29 heavy (non-hydrogen) atoms. The summed E-state index contributed by atoms with van der Waals surface area (Å²) in [4.78, 5) is 6.52. The van der Waals surface area contributed by atoms with Gasteiger partial charge in [0.1, 0.15) is 5.75 Å². The zero-order valence-corrected chi connectivity index (χ0v) is 16.3. The average Bonchev–Trinajstić information content (AvgIpc) is 2.71. The molecule has 0 bridgehead atoms. The molecule has 1 saturated heterocycles. The Balaban J connectivity index is 1.50. The number of phenols is 1. The number of ether oxygens (including phenoxy) is 1. The van der Waals surface area contributed by atoms with E-state index in [9.17, 15) is 17.9 Å². The minimum absolute atomic E-state index is 0.175. The van der Waals surface area contributed by atoms with Crippen molar-refractivity contribution < 1.29 is 22.7 Å². The molecule has 0 amide bonds. The molecule has 0 aliphatic carbocycles. The molecule has 0 unspecified atom stereocenters. The smallest absolute Gasteiger partial charge is 0.219 e. The van der Waals surface area contributed by atoms with E-state index in [0.29, 0.717) is 24.7 Å². The van der Waals surface area contributed by atoms with Gasteiger partial charge >= 0.3 is 0 Å². The minimum atomic E-state index is -2.91. The third kappa shape index (κ3) is 4.48. The van der Waals surface area contributed by atoms with Crippen molar-refractivity contribution >= 4 is 15.5 Å². The molecule has 1 aromatic heterocycles. The molecule has 3 aromatic rings. The predicted molar refractivity (Wildman–Crippen MR) is 109 cm³/mol. The van der Waals surface area contributed by atoms with Crippen molar-refractivity contribution in [3.05, 3.63) is 66.5 Å². The highest BCUT2D eigenvalue weighted by molar-refractivity contribution is 7.91. The van der Waals surface area contributed by atoms with E-state index >= 15 is 0 Å². The van der Waals surface area contributed by atoms with Crippen LogP contribution in [0, 0.1) is 5.82 Å². The van der Waals surface area contributed by atoms with Crippen LogP contribution in [0.2, 0.25) is 0 Å². The van der Waals surface area contributed by atoms with Crippen molar-refractivity contribution in [1.82, 2.24) is 4.98 Å². The van der Waals surface area contributed by atoms with Gasteiger partial charge in [0.2, 0.25) is 5.88 Å². The number of hydrogen-bond acceptors (Lipinski definition) is 6. The van der Waals surface area contributed by atoms with Gasteiger partial charge in [-0.1, -0.05) is 18.2 Å². The van der Waals surface area contributed by atoms with Gasteiger partial charge in [-0.15, -0.1) is 0 Å². The van der Waals surface area contributed by atoms with Crippen LogP contribution in [0.15, 0.2) is 60.7 Å². The number of pyridine rings is 1. The first kappa shape index (κ1) is 19.2. The van der Waals surface area contributed by atoms with E-state index in [1.807, 2.05) is 30.3 Å². The number of rotatable bonds is 4. The van der Waals surface area contributed by atoms with Crippen LogP contribution in [0.4, 0.5) is 10.1 Å². The van der Waals surface area contributed by atoms with Gasteiger partial charge < -0.3 is 14.7 Å². The first-order valence-corrected chi connectivity index (χ1v) is 10.9. The number of halogens is 1. The summed E-state index contributed by atoms with van der Waals surface area (Å²) in [6, 6.07) is 16.8. The van der Waals surface area contributed by atoms with Gasteiger partial charge in [0, 0.05) is 36.5 Å². The molecule has 2 heterocycles. The van der Waals surface area contributed by atoms with Crippen molar-refractivity contribution in [3.63, 3.8) is 0 Å². The summed E-state index contributed by atoms with van der Waals surface area (Å²) >= 11 is 0. The molecule has 4 rings (SSSR count). The lowest BCUT2D eigenvalue weighted by atomic mass is 10.1. The van der Waals surface area contributed by atoms with Crippen molar-refractivity contribution in [3.8, 4) is 28.6 Å². The Morgan fingerprint density at radius 2 is 1.72 bits per heavy atom. The zero-order chi connectivity index (χ0) is 20.4. The highest BCUT2D eigenvalue weighted by atomic mass is 32.2. The van der Waals surface area contributed by atoms with Crippen molar-refractivity contribution in [2.24, 2.45) is 0 Å². The molecular weight excluding hydrogens is 395 g/mol. The van der Waals surface area contributed by atoms with Crippen LogP contribution < -0.4 is 9.64 Å². The maximum Gasteiger partial charge on any atom is 0.219 e. The summed E-state index contributed by atoms with van der Waals surface area (Å²) in [5.41, 5.74) is 2.55. The fourth-order valence-electron chi connectivity index (χ4n) is 3.12. The Morgan fingerprint density at radius 3 is 2.41 bits per heavy atom. The number of phenolic OH excluding ortho intramolecular Hbond substituents is 1. The third-order valence-electron chi connectivity index (χ3n) is 4.74. The quantitative estimate of drug-likeness (QED) is 0.703. The SMILES string of the molecule is O=S1(=O)CCN(c2ccc(-c3cccc(Oc4ccc(F)c(O)c4)n3)cc2)CC1. The van der Waals surface area contributed by atoms with Crippen LogP contribution in [-0.4, -0.2) is 43.1 Å². The fourth-order valence-corrected chi connectivity index (χ4v) is 4.32. The number of hydrogen-bond donors (Lipinski definition) is 1. The Morgan fingerprint density at radius 1 is 1.00 bits per heavy atom. The minimum Gasteiger partial charge on any atom is -0.505 e. The van der Waals surface area contributed by atoms with E-state index in [1.54, 1.807) is 12.1 Å². The molecule has 1 aliphatic heterocycles. The van der Waals surface area contributed by atoms with Gasteiger partial charge in [0.25, 0.3) is 0 Å². The molecule has 1 N–H and O–H groups in total. The molecule has 6 nitrogen and oxygen atoms in total. The first-order valence-electron chi connectivity index (χ1n) is 9.09. The van der Waals surface area contributed by atoms with Gasteiger partial charge in [-0.05, 0) is 30.3 Å². The van der Waals surface area contributed by atoms with E-state index in [2.05, 4.69) is 9.88 Å². The summed E-state index contributed by atoms with van der Waals surface area (Å²) in [6.45, 7) is 0.988. The van der Waals surface area contributed by atoms with Gasteiger partial charge in [0.05, 0.1) is 17.2 Å². The predicted octanol–water partition coefficient (Wildman–Crippen LogP) is 3.62. The number of benzene rings is 2. The molecule has 2 aromatic carbocycles. The summed E-state index contributed by atoms with van der Waals surface area (Å²) in [6.07, 6.45) is 0. The monoisotopic (exact) mass is 414 g/mol. The van der Waals surface area contributed by atoms with Gasteiger partial charge in [-0.25, -0.2) is 17.8 Å². The van der Waals surface area contributed by atoms with Crippen molar-refractivity contribution in [2.45, 2.75) is 0 Å². The lowest BCUT2D eigenvalue weighted by Crippen LogP contribution is -2.40. The maximum absolute atomic E-state index is 13.2. The number of anilines is 1. The van der Waals surface area contributed by atoms with Crippen LogP contribution in [0.3, 0.4) is 0 Å². The summed E-state index contributed by atoms with van der Waals surface area (Å²) < 4.78 is 42.0. The second kappa shape index (κ2) is 7.71. The summed E-state index contributed by atoms with van der Waals surface area (Å²) in [7, 11) is -2.91. The Hall–Kier alpha value is -3.13. The molecule has 1 aliphatic rings. The maximum atomic E-state index is 13.2. The largest absolute Gasteiger partial charge is 0.505 e. The lowest BCUT2D eigenvalue weighted by molar-refractivity contribution is 0.418. The highest BCUT2D eigenvalue weighted by Crippen LogP contribution is 2.28. The van der Waals surface area contributed by atoms with Gasteiger partial charge in [0.15, 0.2) is 21.4 Å². The molecule has 0 saturated carbocycles. The zero-order valence-electron chi connectivity index (χ0n) is 15.5. The second-order valence-electron chi connectivity index (χ2n) is 6.76. The molecular formula is C21H19FN2O4S. The van der Waals surface area contributed by atoms with E-state index in [1.165, 1.54) is 12.1 Å². The first-order chi connectivity index (χ1) is 13.9. The Kier molecular flexibility index (Phi) is 5.10. The van der Waals surface area contributed by atoms with Crippen LogP contribution in [-0.2, 0) is 9.84 Å². The van der Waals surface area contributed by atoms with Crippen molar-refractivity contribution in [1.29, 1.82) is 0 Å². The Labute approximate surface area is 168 Å². The van der Waals surface area contributed by atoms with E-state index in [4.69, 9.17) is 4.74 Å².